The van der Waals surface area contributed by atoms with Crippen molar-refractivity contribution in [2.45, 2.75) is 6.42 Å². The van der Waals surface area contributed by atoms with Crippen LogP contribution in [0.2, 0.25) is 0 Å². The maximum Gasteiger partial charge on any atom is 0.268 e. The van der Waals surface area contributed by atoms with Gasteiger partial charge < -0.3 is 4.42 Å². The lowest BCUT2D eigenvalue weighted by Gasteiger charge is -2.00. The molecular weight excluding hydrogens is 493 g/mol. The van der Waals surface area contributed by atoms with Gasteiger partial charge in [0.05, 0.1) is 0 Å². The van der Waals surface area contributed by atoms with Gasteiger partial charge in [-0.05, 0) is 54.1 Å². The molecule has 0 atom stereocenters. The van der Waals surface area contributed by atoms with Crippen molar-refractivity contribution < 1.29 is 13.6 Å². The van der Waals surface area contributed by atoms with E-state index < -0.39 is 5.91 Å². The van der Waals surface area contributed by atoms with Crippen LogP contribution in [0, 0.1) is 17.1 Å². The molecule has 0 aliphatic rings. The fourth-order valence-electron chi connectivity index (χ4n) is 2.91. The number of hydrogen-bond acceptors (Lipinski definition) is 5. The first-order chi connectivity index (χ1) is 15.5. The minimum Gasteiger partial charge on any atom is -0.457 e. The molecular formula is C24H15BrFN3O2S. The molecule has 0 saturated heterocycles. The van der Waals surface area contributed by atoms with Gasteiger partial charge in [0.1, 0.15) is 29.0 Å². The van der Waals surface area contributed by atoms with Gasteiger partial charge in [-0.25, -0.2) is 9.37 Å². The van der Waals surface area contributed by atoms with E-state index in [2.05, 4.69) is 26.2 Å². The number of halogens is 2. The van der Waals surface area contributed by atoms with Gasteiger partial charge in [-0.15, -0.1) is 11.3 Å². The van der Waals surface area contributed by atoms with Gasteiger partial charge in [-0.2, -0.15) is 5.26 Å². The molecule has 32 heavy (non-hydrogen) atoms. The van der Waals surface area contributed by atoms with Crippen molar-refractivity contribution in [2.75, 3.05) is 5.32 Å². The number of benzene rings is 2. The number of carbonyl (C=O) groups excluding carboxylic acids is 1. The van der Waals surface area contributed by atoms with Crippen LogP contribution in [-0.2, 0) is 11.2 Å². The molecule has 1 N–H and O–H groups in total. The van der Waals surface area contributed by atoms with E-state index in [0.717, 1.165) is 14.9 Å². The number of amides is 1. The topological polar surface area (TPSA) is 78.9 Å². The third kappa shape index (κ3) is 5.38. The summed E-state index contributed by atoms with van der Waals surface area (Å²) in [6.45, 7) is 0. The standard InChI is InChI=1S/C24H15BrFN3O2S/c25-18-5-1-15(2-6-18)11-21-14-28-24(32-21)29-23(30)17(13-27)12-20-9-10-22(31-20)16-3-7-19(26)8-4-16/h1-10,12,14H,11H2,(H,28,29,30)/b17-12-. The van der Waals surface area contributed by atoms with Crippen LogP contribution in [0.4, 0.5) is 9.52 Å². The molecule has 0 bridgehead atoms. The molecule has 1 amide bonds. The van der Waals surface area contributed by atoms with Crippen LogP contribution in [-0.4, -0.2) is 10.9 Å². The number of rotatable bonds is 6. The number of hydrogen-bond donors (Lipinski definition) is 1. The largest absolute Gasteiger partial charge is 0.457 e. The average molecular weight is 508 g/mol. The number of carbonyl (C=O) groups is 1. The lowest BCUT2D eigenvalue weighted by molar-refractivity contribution is -0.112. The number of thiazole rings is 1. The van der Waals surface area contributed by atoms with E-state index in [-0.39, 0.29) is 11.4 Å². The Hall–Kier alpha value is -3.54. The van der Waals surface area contributed by atoms with Gasteiger partial charge in [0.2, 0.25) is 0 Å². The summed E-state index contributed by atoms with van der Waals surface area (Å²) in [5, 5.41) is 12.5. The SMILES string of the molecule is N#C/C(=C/c1ccc(-c2ccc(F)cc2)o1)C(=O)Nc1ncc(Cc2ccc(Br)cc2)s1. The molecule has 0 saturated carbocycles. The minimum absolute atomic E-state index is 0.116. The smallest absolute Gasteiger partial charge is 0.268 e. The average Bonchev–Trinajstić information content (AvgIpc) is 3.43. The highest BCUT2D eigenvalue weighted by Crippen LogP contribution is 2.25. The predicted octanol–water partition coefficient (Wildman–Crippen LogP) is 6.44. The van der Waals surface area contributed by atoms with E-state index in [1.54, 1.807) is 30.5 Å². The molecule has 4 aromatic rings. The molecule has 2 aromatic carbocycles. The highest BCUT2D eigenvalue weighted by molar-refractivity contribution is 9.10. The second-order valence-electron chi connectivity index (χ2n) is 6.77. The zero-order valence-electron chi connectivity index (χ0n) is 16.5. The Kier molecular flexibility index (Phi) is 6.59. The third-order valence-corrected chi connectivity index (χ3v) is 5.91. The van der Waals surface area contributed by atoms with Crippen molar-refractivity contribution >= 4 is 44.4 Å². The molecule has 4 rings (SSSR count). The minimum atomic E-state index is -0.572. The van der Waals surface area contributed by atoms with E-state index in [1.807, 2.05) is 30.3 Å². The van der Waals surface area contributed by atoms with Gasteiger partial charge in [0, 0.05) is 33.6 Å². The summed E-state index contributed by atoms with van der Waals surface area (Å²) in [6.07, 6.45) is 3.76. The Morgan fingerprint density at radius 2 is 1.91 bits per heavy atom. The maximum absolute atomic E-state index is 13.1. The molecule has 2 heterocycles. The van der Waals surface area contributed by atoms with Crippen LogP contribution in [0.5, 0.6) is 0 Å². The summed E-state index contributed by atoms with van der Waals surface area (Å²) >= 11 is 4.76. The summed E-state index contributed by atoms with van der Waals surface area (Å²) in [5.74, 6) is -0.0691. The number of anilines is 1. The molecule has 8 heteroatoms. The van der Waals surface area contributed by atoms with E-state index in [0.29, 0.717) is 28.6 Å². The molecule has 5 nitrogen and oxygen atoms in total. The van der Waals surface area contributed by atoms with Crippen molar-refractivity contribution in [3.05, 3.63) is 98.9 Å². The molecule has 0 fully saturated rings. The summed E-state index contributed by atoms with van der Waals surface area (Å²) in [6, 6.07) is 19.1. The Bertz CT molecular complexity index is 1320. The van der Waals surface area contributed by atoms with E-state index in [9.17, 15) is 14.4 Å². The van der Waals surface area contributed by atoms with Crippen LogP contribution in [0.1, 0.15) is 16.2 Å². The number of aromatic nitrogens is 1. The van der Waals surface area contributed by atoms with Crippen molar-refractivity contribution in [3.63, 3.8) is 0 Å². The molecule has 0 radical (unpaired) electrons. The van der Waals surface area contributed by atoms with Crippen LogP contribution >= 0.6 is 27.3 Å². The van der Waals surface area contributed by atoms with E-state index in [1.165, 1.54) is 29.5 Å². The zero-order valence-corrected chi connectivity index (χ0v) is 18.9. The Morgan fingerprint density at radius 3 is 2.62 bits per heavy atom. The van der Waals surface area contributed by atoms with Gasteiger partial charge in [0.15, 0.2) is 5.13 Å². The first kappa shape index (κ1) is 21.7. The highest BCUT2D eigenvalue weighted by Gasteiger charge is 2.14. The number of furan rings is 1. The third-order valence-electron chi connectivity index (χ3n) is 4.47. The van der Waals surface area contributed by atoms with Crippen molar-refractivity contribution in [2.24, 2.45) is 0 Å². The molecule has 0 unspecified atom stereocenters. The van der Waals surface area contributed by atoms with Gasteiger partial charge in [-0.3, -0.25) is 10.1 Å². The number of nitrogens with one attached hydrogen (secondary N) is 1. The number of nitriles is 1. The van der Waals surface area contributed by atoms with Crippen LogP contribution < -0.4 is 5.32 Å². The van der Waals surface area contributed by atoms with Crippen LogP contribution in [0.25, 0.3) is 17.4 Å². The van der Waals surface area contributed by atoms with Crippen LogP contribution in [0.3, 0.4) is 0 Å². The van der Waals surface area contributed by atoms with Gasteiger partial charge >= 0.3 is 0 Å². The van der Waals surface area contributed by atoms with Crippen molar-refractivity contribution in [1.29, 1.82) is 5.26 Å². The monoisotopic (exact) mass is 507 g/mol. The highest BCUT2D eigenvalue weighted by atomic mass is 79.9. The van der Waals surface area contributed by atoms with E-state index >= 15 is 0 Å². The summed E-state index contributed by atoms with van der Waals surface area (Å²) in [7, 11) is 0. The molecule has 0 aliphatic heterocycles. The van der Waals surface area contributed by atoms with Crippen molar-refractivity contribution in [1.82, 2.24) is 4.98 Å². The second-order valence-corrected chi connectivity index (χ2v) is 8.80. The Morgan fingerprint density at radius 1 is 1.16 bits per heavy atom. The Labute approximate surface area is 196 Å². The summed E-state index contributed by atoms with van der Waals surface area (Å²) in [5.41, 5.74) is 1.70. The predicted molar refractivity (Wildman–Crippen MR) is 125 cm³/mol. The van der Waals surface area contributed by atoms with Crippen LogP contribution in [0.15, 0.2) is 81.3 Å². The zero-order chi connectivity index (χ0) is 22.5. The quantitative estimate of drug-likeness (QED) is 0.240. The molecule has 0 spiro atoms. The first-order valence-corrected chi connectivity index (χ1v) is 11.1. The van der Waals surface area contributed by atoms with Crippen molar-refractivity contribution in [3.8, 4) is 17.4 Å². The number of nitrogens with zero attached hydrogens (tertiary/aromatic N) is 2. The Balaban J connectivity index is 1.44. The lowest BCUT2D eigenvalue weighted by Crippen LogP contribution is -2.13. The van der Waals surface area contributed by atoms with Gasteiger partial charge in [-0.1, -0.05) is 28.1 Å². The lowest BCUT2D eigenvalue weighted by atomic mass is 10.1. The van der Waals surface area contributed by atoms with E-state index in [4.69, 9.17) is 4.42 Å². The summed E-state index contributed by atoms with van der Waals surface area (Å²) < 4.78 is 19.8. The first-order valence-electron chi connectivity index (χ1n) is 9.48. The fraction of sp³-hybridized carbons (Fsp3) is 0.0417. The van der Waals surface area contributed by atoms with Gasteiger partial charge in [0.25, 0.3) is 5.91 Å². The fourth-order valence-corrected chi connectivity index (χ4v) is 4.01. The summed E-state index contributed by atoms with van der Waals surface area (Å²) in [4.78, 5) is 17.8. The molecule has 2 aromatic heterocycles. The second kappa shape index (κ2) is 9.73. The molecule has 158 valence electrons. The molecule has 0 aliphatic carbocycles. The normalized spacial score (nSPS) is 11.2. The maximum atomic E-state index is 13.1.